The second-order valence-electron chi connectivity index (χ2n) is 6.18. The smallest absolute Gasteiger partial charge is 0.325 e. The van der Waals surface area contributed by atoms with Crippen LogP contribution in [0.1, 0.15) is 44.2 Å². The summed E-state index contributed by atoms with van der Waals surface area (Å²) in [7, 11) is 0. The topological polar surface area (TPSA) is 78.5 Å². The highest BCUT2D eigenvalue weighted by Crippen LogP contribution is 2.25. The van der Waals surface area contributed by atoms with Crippen molar-refractivity contribution in [2.24, 2.45) is 0 Å². The average molecular weight is 315 g/mol. The fourth-order valence-corrected chi connectivity index (χ4v) is 2.79. The third kappa shape index (κ3) is 3.52. The van der Waals surface area contributed by atoms with Gasteiger partial charge in [0.1, 0.15) is 6.04 Å². The third-order valence-corrected chi connectivity index (χ3v) is 4.32. The molecule has 1 heterocycles. The van der Waals surface area contributed by atoms with Gasteiger partial charge >= 0.3 is 6.03 Å². The predicted octanol–water partition coefficient (Wildman–Crippen LogP) is 1.73. The van der Waals surface area contributed by atoms with E-state index in [9.17, 15) is 14.4 Å². The quantitative estimate of drug-likeness (QED) is 0.785. The molecule has 2 N–H and O–H groups in total. The van der Waals surface area contributed by atoms with Gasteiger partial charge in [0.15, 0.2) is 0 Å². The van der Waals surface area contributed by atoms with Gasteiger partial charge in [-0.3, -0.25) is 14.5 Å². The number of amides is 4. The Morgan fingerprint density at radius 1 is 1.30 bits per heavy atom. The second-order valence-corrected chi connectivity index (χ2v) is 6.18. The van der Waals surface area contributed by atoms with Crippen LogP contribution in [0.3, 0.4) is 0 Å². The highest BCUT2D eigenvalue weighted by atomic mass is 16.2. The molecule has 0 unspecified atom stereocenters. The summed E-state index contributed by atoms with van der Waals surface area (Å²) in [4.78, 5) is 37.6. The molecule has 4 amide bonds. The van der Waals surface area contributed by atoms with Crippen LogP contribution in [0.4, 0.5) is 4.79 Å². The molecule has 6 nitrogen and oxygen atoms in total. The van der Waals surface area contributed by atoms with E-state index in [0.29, 0.717) is 12.5 Å². The Morgan fingerprint density at radius 2 is 2.00 bits per heavy atom. The first kappa shape index (κ1) is 15.5. The van der Waals surface area contributed by atoms with E-state index in [-0.39, 0.29) is 30.3 Å². The normalized spacial score (nSPS) is 22.0. The molecule has 1 saturated carbocycles. The molecular weight excluding hydrogens is 294 g/mol. The van der Waals surface area contributed by atoms with Gasteiger partial charge in [0, 0.05) is 12.5 Å². The average Bonchev–Trinajstić information content (AvgIpc) is 3.31. The highest BCUT2D eigenvalue weighted by molar-refractivity contribution is 6.04. The Kier molecular flexibility index (Phi) is 4.32. The van der Waals surface area contributed by atoms with Crippen molar-refractivity contribution in [1.82, 2.24) is 15.5 Å². The summed E-state index contributed by atoms with van der Waals surface area (Å²) < 4.78 is 0. The van der Waals surface area contributed by atoms with Crippen molar-refractivity contribution in [3.8, 4) is 0 Å². The molecule has 1 aromatic rings. The van der Waals surface area contributed by atoms with Crippen LogP contribution in [0.25, 0.3) is 0 Å². The Balaban J connectivity index is 1.59. The number of carbonyl (C=O) groups is 3. The van der Waals surface area contributed by atoms with Crippen molar-refractivity contribution < 1.29 is 14.4 Å². The molecule has 2 atom stereocenters. The zero-order chi connectivity index (χ0) is 16.4. The van der Waals surface area contributed by atoms with Crippen molar-refractivity contribution in [2.75, 3.05) is 0 Å². The molecule has 0 spiro atoms. The van der Waals surface area contributed by atoms with E-state index < -0.39 is 6.04 Å². The summed E-state index contributed by atoms with van der Waals surface area (Å²) in [5.74, 6) is -0.310. The Bertz CT molecular complexity index is 613. The van der Waals surface area contributed by atoms with Crippen LogP contribution in [0, 0.1) is 0 Å². The first-order valence-corrected chi connectivity index (χ1v) is 8.04. The zero-order valence-electron chi connectivity index (χ0n) is 13.1. The molecule has 1 aliphatic heterocycles. The summed E-state index contributed by atoms with van der Waals surface area (Å²) in [5, 5.41) is 5.57. The maximum absolute atomic E-state index is 12.5. The molecule has 1 aromatic carbocycles. The monoisotopic (exact) mass is 315 g/mol. The van der Waals surface area contributed by atoms with Crippen LogP contribution in [-0.4, -0.2) is 34.8 Å². The summed E-state index contributed by atoms with van der Waals surface area (Å²) in [6.45, 7) is 1.83. The van der Waals surface area contributed by atoms with E-state index in [1.807, 2.05) is 37.3 Å². The minimum atomic E-state index is -0.612. The fourth-order valence-electron chi connectivity index (χ4n) is 2.79. The van der Waals surface area contributed by atoms with Gasteiger partial charge in [0.2, 0.25) is 5.91 Å². The first-order chi connectivity index (χ1) is 11.1. The molecule has 0 aromatic heterocycles. The van der Waals surface area contributed by atoms with E-state index in [0.717, 1.165) is 18.4 Å². The van der Waals surface area contributed by atoms with Gasteiger partial charge in [-0.25, -0.2) is 4.79 Å². The number of hydrogen-bond acceptors (Lipinski definition) is 3. The number of imide groups is 1. The van der Waals surface area contributed by atoms with Crippen molar-refractivity contribution in [1.29, 1.82) is 0 Å². The van der Waals surface area contributed by atoms with Crippen LogP contribution in [0.15, 0.2) is 30.3 Å². The molecule has 122 valence electrons. The van der Waals surface area contributed by atoms with Crippen molar-refractivity contribution in [2.45, 2.75) is 50.7 Å². The van der Waals surface area contributed by atoms with Gasteiger partial charge in [-0.2, -0.15) is 0 Å². The minimum absolute atomic E-state index is 0.0518. The van der Waals surface area contributed by atoms with Gasteiger partial charge in [-0.15, -0.1) is 0 Å². The van der Waals surface area contributed by atoms with Gasteiger partial charge in [0.25, 0.3) is 5.91 Å². The van der Waals surface area contributed by atoms with Crippen LogP contribution in [-0.2, 0) is 9.59 Å². The van der Waals surface area contributed by atoms with E-state index in [1.54, 1.807) is 0 Å². The van der Waals surface area contributed by atoms with E-state index in [4.69, 9.17) is 0 Å². The van der Waals surface area contributed by atoms with Gasteiger partial charge < -0.3 is 10.6 Å². The highest BCUT2D eigenvalue weighted by Gasteiger charge is 2.41. The molecule has 6 heteroatoms. The third-order valence-electron chi connectivity index (χ3n) is 4.32. The van der Waals surface area contributed by atoms with Crippen molar-refractivity contribution in [3.63, 3.8) is 0 Å². The maximum Gasteiger partial charge on any atom is 0.325 e. The maximum atomic E-state index is 12.5. The predicted molar refractivity (Wildman–Crippen MR) is 84.4 cm³/mol. The molecular formula is C17H21N3O3. The molecule has 0 bridgehead atoms. The van der Waals surface area contributed by atoms with Gasteiger partial charge in [0.05, 0.1) is 6.04 Å². The molecule has 2 fully saturated rings. The lowest BCUT2D eigenvalue weighted by Crippen LogP contribution is -2.34. The van der Waals surface area contributed by atoms with E-state index >= 15 is 0 Å². The Morgan fingerprint density at radius 3 is 2.65 bits per heavy atom. The number of rotatable bonds is 6. The van der Waals surface area contributed by atoms with Crippen molar-refractivity contribution >= 4 is 17.8 Å². The number of nitrogens with zero attached hydrogens (tertiary/aromatic N) is 1. The molecule has 0 radical (unpaired) electrons. The lowest BCUT2D eigenvalue weighted by Gasteiger charge is -2.21. The van der Waals surface area contributed by atoms with Gasteiger partial charge in [-0.1, -0.05) is 30.3 Å². The summed E-state index contributed by atoms with van der Waals surface area (Å²) in [6.07, 6.45) is 2.66. The van der Waals surface area contributed by atoms with Crippen LogP contribution < -0.4 is 10.6 Å². The molecule has 1 saturated heterocycles. The van der Waals surface area contributed by atoms with Crippen LogP contribution >= 0.6 is 0 Å². The lowest BCUT2D eigenvalue weighted by molar-refractivity contribution is -0.129. The van der Waals surface area contributed by atoms with E-state index in [2.05, 4.69) is 10.6 Å². The van der Waals surface area contributed by atoms with Crippen LogP contribution in [0.2, 0.25) is 0 Å². The molecule has 23 heavy (non-hydrogen) atoms. The molecule has 1 aliphatic carbocycles. The number of urea groups is 1. The standard InChI is InChI=1S/C17H21N3O3/c1-11(12-5-3-2-4-6-12)20-16(22)14(19-17(20)23)9-10-15(21)18-13-7-8-13/h2-6,11,13-14H,7-10H2,1H3,(H,18,21)(H,19,23)/t11-,14+/m1/s1. The van der Waals surface area contributed by atoms with E-state index in [1.165, 1.54) is 4.90 Å². The second kappa shape index (κ2) is 6.40. The van der Waals surface area contributed by atoms with Gasteiger partial charge in [-0.05, 0) is 31.7 Å². The molecule has 3 rings (SSSR count). The number of nitrogens with one attached hydrogen (secondary N) is 2. The number of carbonyl (C=O) groups excluding carboxylic acids is 3. The minimum Gasteiger partial charge on any atom is -0.353 e. The van der Waals surface area contributed by atoms with Crippen molar-refractivity contribution in [3.05, 3.63) is 35.9 Å². The first-order valence-electron chi connectivity index (χ1n) is 8.04. The molecule has 2 aliphatic rings. The van der Waals surface area contributed by atoms with Crippen LogP contribution in [0.5, 0.6) is 0 Å². The fraction of sp³-hybridized carbons (Fsp3) is 0.471. The number of benzene rings is 1. The summed E-state index contributed by atoms with van der Waals surface area (Å²) in [6, 6.07) is 8.41. The summed E-state index contributed by atoms with van der Waals surface area (Å²) in [5.41, 5.74) is 0.906. The largest absolute Gasteiger partial charge is 0.353 e. The lowest BCUT2D eigenvalue weighted by atomic mass is 10.1. The number of hydrogen-bond donors (Lipinski definition) is 2. The Labute approximate surface area is 135 Å². The SMILES string of the molecule is C[C@H](c1ccccc1)N1C(=O)N[C@@H](CCC(=O)NC2CC2)C1=O. The zero-order valence-corrected chi connectivity index (χ0v) is 13.1. The summed E-state index contributed by atoms with van der Waals surface area (Å²) >= 11 is 0. The Hall–Kier alpha value is -2.37.